The molecule has 2 amide bonds. The highest BCUT2D eigenvalue weighted by Crippen LogP contribution is 2.16. The highest BCUT2D eigenvalue weighted by atomic mass is 16.2. The lowest BCUT2D eigenvalue weighted by Gasteiger charge is -2.07. The highest BCUT2D eigenvalue weighted by molar-refractivity contribution is 5.91. The van der Waals surface area contributed by atoms with E-state index in [0.717, 1.165) is 28.6 Å². The first-order chi connectivity index (χ1) is 16.0. The fourth-order valence-electron chi connectivity index (χ4n) is 3.48. The number of hydrogen-bond acceptors (Lipinski definition) is 6. The summed E-state index contributed by atoms with van der Waals surface area (Å²) >= 11 is 0. The number of nitrogens with one attached hydrogen (secondary N) is 2. The van der Waals surface area contributed by atoms with E-state index in [4.69, 9.17) is 0 Å². The van der Waals surface area contributed by atoms with E-state index in [1.165, 1.54) is 0 Å². The molecule has 0 aromatic carbocycles. The minimum Gasteiger partial charge on any atom is -0.311 e. The molecule has 4 rings (SSSR count). The van der Waals surface area contributed by atoms with Gasteiger partial charge in [0.25, 0.3) is 0 Å². The predicted octanol–water partition coefficient (Wildman–Crippen LogP) is 4.72. The summed E-state index contributed by atoms with van der Waals surface area (Å²) in [5.41, 5.74) is 2.99. The number of nitrogens with zero attached hydrogens (tertiary/aromatic N) is 4. The summed E-state index contributed by atoms with van der Waals surface area (Å²) in [6.45, 7) is 3.81. The minimum atomic E-state index is -0.0953. The third-order valence-corrected chi connectivity index (χ3v) is 5.23. The Bertz CT molecular complexity index is 1220. The second-order valence-electron chi connectivity index (χ2n) is 8.05. The van der Waals surface area contributed by atoms with Crippen LogP contribution in [-0.4, -0.2) is 31.8 Å². The van der Waals surface area contributed by atoms with Gasteiger partial charge in [-0.15, -0.1) is 0 Å². The third kappa shape index (κ3) is 6.06. The van der Waals surface area contributed by atoms with E-state index in [2.05, 4.69) is 30.6 Å². The van der Waals surface area contributed by atoms with Crippen LogP contribution in [0.5, 0.6) is 0 Å². The number of aryl methyl sites for hydroxylation is 2. The Hall–Kier alpha value is -3.94. The van der Waals surface area contributed by atoms with Crippen molar-refractivity contribution >= 4 is 45.5 Å². The van der Waals surface area contributed by atoms with Crippen LogP contribution in [0.25, 0.3) is 22.1 Å². The van der Waals surface area contributed by atoms with Gasteiger partial charge in [0.2, 0.25) is 11.8 Å². The van der Waals surface area contributed by atoms with Gasteiger partial charge >= 0.3 is 0 Å². The topological polar surface area (TPSA) is 110 Å². The van der Waals surface area contributed by atoms with Crippen molar-refractivity contribution in [3.8, 4) is 0 Å². The highest BCUT2D eigenvalue weighted by Gasteiger charge is 2.08. The van der Waals surface area contributed by atoms with Gasteiger partial charge in [-0.1, -0.05) is 6.42 Å². The maximum atomic E-state index is 12.2. The van der Waals surface area contributed by atoms with Crippen LogP contribution in [0.15, 0.2) is 48.5 Å². The standard InChI is InChI=1S/C25H26N6O2/c1-16-8-10-18-12-14-20(30-24(18)26-16)28-22(32)6-4-3-5-7-23(33)29-21-15-13-19-11-9-17(2)27-25(19)31-21/h8-15H,3-7H2,1-2H3,(H,26,28,30,32)(H,27,29,31,33). The average molecular weight is 443 g/mol. The first-order valence-electron chi connectivity index (χ1n) is 11.0. The molecule has 4 heterocycles. The van der Waals surface area contributed by atoms with Crippen LogP contribution >= 0.6 is 0 Å². The van der Waals surface area contributed by atoms with Crippen molar-refractivity contribution in [3.63, 3.8) is 0 Å². The van der Waals surface area contributed by atoms with Gasteiger partial charge in [0, 0.05) is 35.0 Å². The second kappa shape index (κ2) is 10.1. The van der Waals surface area contributed by atoms with Crippen LogP contribution in [0.1, 0.15) is 43.5 Å². The Morgan fingerprint density at radius 3 is 1.48 bits per heavy atom. The summed E-state index contributed by atoms with van der Waals surface area (Å²) in [6, 6.07) is 15.1. The Labute approximate surface area is 191 Å². The molecule has 0 aliphatic rings. The number of amides is 2. The maximum Gasteiger partial charge on any atom is 0.225 e. The molecule has 0 aliphatic heterocycles. The van der Waals surface area contributed by atoms with Crippen LogP contribution in [0.4, 0.5) is 11.6 Å². The average Bonchev–Trinajstić information content (AvgIpc) is 2.78. The molecule has 8 heteroatoms. The third-order valence-electron chi connectivity index (χ3n) is 5.23. The quantitative estimate of drug-likeness (QED) is 0.382. The molecule has 0 aliphatic carbocycles. The zero-order valence-corrected chi connectivity index (χ0v) is 18.8. The molecular formula is C25H26N6O2. The Balaban J connectivity index is 1.18. The Morgan fingerprint density at radius 1 is 0.606 bits per heavy atom. The van der Waals surface area contributed by atoms with Crippen LogP contribution < -0.4 is 10.6 Å². The molecule has 0 atom stereocenters. The molecule has 0 saturated heterocycles. The molecule has 0 spiro atoms. The lowest BCUT2D eigenvalue weighted by atomic mass is 10.1. The molecule has 33 heavy (non-hydrogen) atoms. The van der Waals surface area contributed by atoms with Gasteiger partial charge in [-0.2, -0.15) is 0 Å². The van der Waals surface area contributed by atoms with Crippen molar-refractivity contribution in [2.24, 2.45) is 0 Å². The van der Waals surface area contributed by atoms with E-state index in [0.29, 0.717) is 48.6 Å². The number of aromatic nitrogens is 4. The van der Waals surface area contributed by atoms with E-state index in [-0.39, 0.29) is 11.8 Å². The molecule has 0 unspecified atom stereocenters. The van der Waals surface area contributed by atoms with Gasteiger partial charge in [-0.05, 0) is 75.2 Å². The lowest BCUT2D eigenvalue weighted by Crippen LogP contribution is -2.13. The van der Waals surface area contributed by atoms with Gasteiger partial charge in [0.05, 0.1) is 0 Å². The summed E-state index contributed by atoms with van der Waals surface area (Å²) in [5, 5.41) is 7.51. The molecular weight excluding hydrogens is 416 g/mol. The van der Waals surface area contributed by atoms with E-state index < -0.39 is 0 Å². The van der Waals surface area contributed by atoms with Crippen LogP contribution in [-0.2, 0) is 9.59 Å². The molecule has 4 aromatic rings. The van der Waals surface area contributed by atoms with E-state index >= 15 is 0 Å². The number of hydrogen-bond donors (Lipinski definition) is 2. The fraction of sp³-hybridized carbons (Fsp3) is 0.280. The molecule has 0 fully saturated rings. The van der Waals surface area contributed by atoms with Crippen LogP contribution in [0.3, 0.4) is 0 Å². The Kier molecular flexibility index (Phi) is 6.83. The smallest absolute Gasteiger partial charge is 0.225 e. The number of pyridine rings is 4. The largest absolute Gasteiger partial charge is 0.311 e. The van der Waals surface area contributed by atoms with Crippen molar-refractivity contribution in [2.45, 2.75) is 46.0 Å². The van der Waals surface area contributed by atoms with E-state index in [1.54, 1.807) is 12.1 Å². The first kappa shape index (κ1) is 22.3. The van der Waals surface area contributed by atoms with Gasteiger partial charge in [0.1, 0.15) is 11.6 Å². The molecule has 0 bridgehead atoms. The molecule has 8 nitrogen and oxygen atoms in total. The predicted molar refractivity (Wildman–Crippen MR) is 129 cm³/mol. The Morgan fingerprint density at radius 2 is 1.03 bits per heavy atom. The monoisotopic (exact) mass is 442 g/mol. The number of unbranched alkanes of at least 4 members (excludes halogenated alkanes) is 2. The van der Waals surface area contributed by atoms with Crippen molar-refractivity contribution in [1.82, 2.24) is 19.9 Å². The summed E-state index contributed by atoms with van der Waals surface area (Å²) in [6.07, 6.45) is 2.92. The summed E-state index contributed by atoms with van der Waals surface area (Å²) in [7, 11) is 0. The maximum absolute atomic E-state index is 12.2. The van der Waals surface area contributed by atoms with Gasteiger partial charge in [0.15, 0.2) is 11.3 Å². The molecule has 168 valence electrons. The van der Waals surface area contributed by atoms with Gasteiger partial charge < -0.3 is 10.6 Å². The lowest BCUT2D eigenvalue weighted by molar-refractivity contribution is -0.116. The SMILES string of the molecule is Cc1ccc2ccc(NC(=O)CCCCCC(=O)Nc3ccc4ccc(C)nc4n3)nc2n1. The van der Waals surface area contributed by atoms with E-state index in [1.807, 2.05) is 50.2 Å². The molecule has 4 aromatic heterocycles. The summed E-state index contributed by atoms with van der Waals surface area (Å²) in [5.74, 6) is 0.805. The number of carbonyl (C=O) groups excluding carboxylic acids is 2. The normalized spacial score (nSPS) is 11.0. The van der Waals surface area contributed by atoms with Crippen molar-refractivity contribution in [3.05, 3.63) is 59.9 Å². The van der Waals surface area contributed by atoms with Crippen LogP contribution in [0, 0.1) is 13.8 Å². The first-order valence-corrected chi connectivity index (χ1v) is 11.0. The zero-order chi connectivity index (χ0) is 23.2. The zero-order valence-electron chi connectivity index (χ0n) is 18.8. The van der Waals surface area contributed by atoms with Crippen LogP contribution in [0.2, 0.25) is 0 Å². The van der Waals surface area contributed by atoms with Gasteiger partial charge in [-0.3, -0.25) is 9.59 Å². The van der Waals surface area contributed by atoms with E-state index in [9.17, 15) is 9.59 Å². The summed E-state index contributed by atoms with van der Waals surface area (Å²) in [4.78, 5) is 42.0. The minimum absolute atomic E-state index is 0.0953. The second-order valence-corrected chi connectivity index (χ2v) is 8.05. The summed E-state index contributed by atoms with van der Waals surface area (Å²) < 4.78 is 0. The fourth-order valence-corrected chi connectivity index (χ4v) is 3.48. The number of fused-ring (bicyclic) bond motifs is 2. The number of anilines is 2. The molecule has 0 radical (unpaired) electrons. The van der Waals surface area contributed by atoms with Gasteiger partial charge in [-0.25, -0.2) is 19.9 Å². The van der Waals surface area contributed by atoms with Crippen molar-refractivity contribution in [1.29, 1.82) is 0 Å². The number of carbonyl (C=O) groups is 2. The number of rotatable bonds is 8. The van der Waals surface area contributed by atoms with Crippen molar-refractivity contribution in [2.75, 3.05) is 10.6 Å². The molecule has 2 N–H and O–H groups in total. The van der Waals surface area contributed by atoms with Crippen molar-refractivity contribution < 1.29 is 9.59 Å². The molecule has 0 saturated carbocycles.